The van der Waals surface area contributed by atoms with Crippen molar-refractivity contribution >= 4 is 18.0 Å². The van der Waals surface area contributed by atoms with Crippen LogP contribution in [0.5, 0.6) is 0 Å². The number of fused-ring (bicyclic) bond motifs is 5. The van der Waals surface area contributed by atoms with Gasteiger partial charge >= 0.3 is 12.1 Å². The van der Waals surface area contributed by atoms with E-state index in [-0.39, 0.29) is 30.5 Å². The number of ether oxygens (including phenoxy) is 1. The normalized spacial score (nSPS) is 22.1. The molecule has 8 heteroatoms. The molecule has 2 heterocycles. The highest BCUT2D eigenvalue weighted by Gasteiger charge is 2.41. The Morgan fingerprint density at radius 1 is 1.00 bits per heavy atom. The van der Waals surface area contributed by atoms with Gasteiger partial charge in [0.2, 0.25) is 5.91 Å². The molecule has 2 N–H and O–H groups in total. The first kappa shape index (κ1) is 22.4. The number of hydrogen-bond donors (Lipinski definition) is 2. The molecule has 1 unspecified atom stereocenters. The number of amides is 2. The van der Waals surface area contributed by atoms with Crippen LogP contribution in [-0.2, 0) is 14.3 Å². The van der Waals surface area contributed by atoms with Crippen molar-refractivity contribution in [3.05, 3.63) is 59.7 Å². The predicted octanol–water partition coefficient (Wildman–Crippen LogP) is 2.67. The number of likely N-dealkylation sites (N-methyl/N-ethyl adjacent to an activating group) is 1. The topological polar surface area (TPSA) is 99.2 Å². The molecule has 0 aromatic heterocycles. The van der Waals surface area contributed by atoms with Crippen LogP contribution in [0.2, 0.25) is 0 Å². The Morgan fingerprint density at radius 2 is 1.56 bits per heavy atom. The molecule has 0 radical (unpaired) electrons. The SMILES string of the molecule is CN1[C@@H]2CC[C@H]1CN(C(=O)C(CC(=O)O)NC(=O)OCC1c3ccccc3-c3ccccc31)C2. The molecule has 1 aliphatic carbocycles. The molecule has 8 nitrogen and oxygen atoms in total. The van der Waals surface area contributed by atoms with Gasteiger partial charge in [-0.1, -0.05) is 48.5 Å². The van der Waals surface area contributed by atoms with Gasteiger partial charge in [0.15, 0.2) is 0 Å². The van der Waals surface area contributed by atoms with E-state index < -0.39 is 24.5 Å². The quantitative estimate of drug-likeness (QED) is 0.684. The third-order valence-electron chi connectivity index (χ3n) is 7.47. The van der Waals surface area contributed by atoms with Crippen LogP contribution in [0.3, 0.4) is 0 Å². The van der Waals surface area contributed by atoms with Crippen molar-refractivity contribution in [2.24, 2.45) is 0 Å². The summed E-state index contributed by atoms with van der Waals surface area (Å²) >= 11 is 0. The number of hydrogen-bond acceptors (Lipinski definition) is 5. The molecule has 178 valence electrons. The van der Waals surface area contributed by atoms with Crippen LogP contribution < -0.4 is 5.32 Å². The fraction of sp³-hybridized carbons (Fsp3) is 0.423. The summed E-state index contributed by atoms with van der Waals surface area (Å²) in [6, 6.07) is 15.5. The molecule has 2 bridgehead atoms. The van der Waals surface area contributed by atoms with Gasteiger partial charge in [0.05, 0.1) is 6.42 Å². The number of nitrogens with one attached hydrogen (secondary N) is 1. The van der Waals surface area contributed by atoms with Gasteiger partial charge in [0.1, 0.15) is 12.6 Å². The smallest absolute Gasteiger partial charge is 0.407 e. The van der Waals surface area contributed by atoms with E-state index in [9.17, 15) is 19.5 Å². The number of carbonyl (C=O) groups excluding carboxylic acids is 2. The van der Waals surface area contributed by atoms with Crippen molar-refractivity contribution in [1.82, 2.24) is 15.1 Å². The first-order valence-corrected chi connectivity index (χ1v) is 11.8. The first-order valence-electron chi connectivity index (χ1n) is 11.8. The third-order valence-corrected chi connectivity index (χ3v) is 7.47. The van der Waals surface area contributed by atoms with Crippen LogP contribution in [0.4, 0.5) is 4.79 Å². The molecule has 5 rings (SSSR count). The minimum atomic E-state index is -1.16. The second kappa shape index (κ2) is 9.10. The minimum absolute atomic E-state index is 0.104. The van der Waals surface area contributed by atoms with Crippen molar-refractivity contribution in [3.8, 4) is 11.1 Å². The Bertz CT molecular complexity index is 1060. The van der Waals surface area contributed by atoms with Gasteiger partial charge < -0.3 is 20.1 Å². The molecule has 2 saturated heterocycles. The number of likely N-dealkylation sites (tertiary alicyclic amines) is 1. The number of carboxylic acid groups (broad SMARTS) is 1. The molecule has 2 aromatic rings. The molecule has 0 saturated carbocycles. The van der Waals surface area contributed by atoms with E-state index in [0.717, 1.165) is 35.1 Å². The van der Waals surface area contributed by atoms with Crippen molar-refractivity contribution in [3.63, 3.8) is 0 Å². The van der Waals surface area contributed by atoms with Crippen molar-refractivity contribution in [2.45, 2.75) is 43.3 Å². The summed E-state index contributed by atoms with van der Waals surface area (Å²) in [5.41, 5.74) is 4.41. The Kier molecular flexibility index (Phi) is 6.00. The van der Waals surface area contributed by atoms with E-state index in [1.165, 1.54) is 0 Å². The van der Waals surface area contributed by atoms with Crippen molar-refractivity contribution in [1.29, 1.82) is 0 Å². The lowest BCUT2D eigenvalue weighted by Gasteiger charge is -2.40. The number of alkyl carbamates (subject to hydrolysis) is 1. The molecule has 0 spiro atoms. The lowest BCUT2D eigenvalue weighted by Crippen LogP contribution is -2.58. The molecular formula is C26H29N3O5. The van der Waals surface area contributed by atoms with Crippen LogP contribution in [0.1, 0.15) is 36.3 Å². The van der Waals surface area contributed by atoms with Crippen LogP contribution in [0, 0.1) is 0 Å². The number of rotatable bonds is 6. The lowest BCUT2D eigenvalue weighted by atomic mass is 9.98. The average Bonchev–Trinajstić information content (AvgIpc) is 3.22. The van der Waals surface area contributed by atoms with E-state index >= 15 is 0 Å². The second-order valence-corrected chi connectivity index (χ2v) is 9.41. The van der Waals surface area contributed by atoms with Gasteiger partial charge in [-0.05, 0) is 42.1 Å². The molecular weight excluding hydrogens is 434 g/mol. The number of piperazine rings is 1. The highest BCUT2D eigenvalue weighted by Crippen LogP contribution is 2.44. The van der Waals surface area contributed by atoms with Gasteiger partial charge in [-0.2, -0.15) is 0 Å². The van der Waals surface area contributed by atoms with Crippen LogP contribution >= 0.6 is 0 Å². The average molecular weight is 464 g/mol. The summed E-state index contributed by atoms with van der Waals surface area (Å²) < 4.78 is 5.54. The Morgan fingerprint density at radius 3 is 2.12 bits per heavy atom. The highest BCUT2D eigenvalue weighted by molar-refractivity contribution is 5.89. The monoisotopic (exact) mass is 463 g/mol. The summed E-state index contributed by atoms with van der Waals surface area (Å²) in [6.07, 6.45) is 0.784. The van der Waals surface area contributed by atoms with Gasteiger partial charge in [-0.25, -0.2) is 4.79 Å². The van der Waals surface area contributed by atoms with Gasteiger partial charge in [0, 0.05) is 31.1 Å². The van der Waals surface area contributed by atoms with Crippen LogP contribution in [0.25, 0.3) is 11.1 Å². The summed E-state index contributed by atoms with van der Waals surface area (Å²) in [5.74, 6) is -1.62. The first-order chi connectivity index (χ1) is 16.4. The fourth-order valence-electron chi connectivity index (χ4n) is 5.67. The Hall–Kier alpha value is -3.39. The standard InChI is InChI=1S/C26H29N3O5/c1-28-16-10-11-17(28)14-29(13-16)25(32)23(12-24(30)31)27-26(33)34-15-22-20-8-4-2-6-18(20)19-7-3-5-9-21(19)22/h2-9,16-17,22-23H,10-15H2,1H3,(H,27,33)(H,30,31)/t16-,17+,23?. The van der Waals surface area contributed by atoms with E-state index in [1.807, 2.05) is 36.4 Å². The summed E-state index contributed by atoms with van der Waals surface area (Å²) in [6.45, 7) is 1.20. The van der Waals surface area contributed by atoms with E-state index in [4.69, 9.17) is 4.74 Å². The van der Waals surface area contributed by atoms with Gasteiger partial charge in [-0.15, -0.1) is 0 Å². The molecule has 2 aromatic carbocycles. The maximum atomic E-state index is 13.2. The van der Waals surface area contributed by atoms with E-state index in [0.29, 0.717) is 13.1 Å². The molecule has 3 aliphatic rings. The molecule has 3 atom stereocenters. The maximum Gasteiger partial charge on any atom is 0.407 e. The Labute approximate surface area is 198 Å². The fourth-order valence-corrected chi connectivity index (χ4v) is 5.67. The van der Waals surface area contributed by atoms with E-state index in [1.54, 1.807) is 4.90 Å². The molecule has 2 fully saturated rings. The minimum Gasteiger partial charge on any atom is -0.481 e. The zero-order valence-electron chi connectivity index (χ0n) is 19.1. The zero-order chi connectivity index (χ0) is 23.8. The second-order valence-electron chi connectivity index (χ2n) is 9.41. The highest BCUT2D eigenvalue weighted by atomic mass is 16.5. The van der Waals surface area contributed by atoms with Crippen LogP contribution in [-0.4, -0.2) is 77.7 Å². The van der Waals surface area contributed by atoms with Gasteiger partial charge in [-0.3, -0.25) is 14.5 Å². The lowest BCUT2D eigenvalue weighted by molar-refractivity contribution is -0.143. The number of carbonyl (C=O) groups is 3. The number of nitrogens with zero attached hydrogens (tertiary/aromatic N) is 2. The maximum absolute atomic E-state index is 13.2. The molecule has 2 amide bonds. The summed E-state index contributed by atoms with van der Waals surface area (Å²) in [4.78, 5) is 41.3. The largest absolute Gasteiger partial charge is 0.481 e. The molecule has 34 heavy (non-hydrogen) atoms. The van der Waals surface area contributed by atoms with Crippen molar-refractivity contribution < 1.29 is 24.2 Å². The summed E-state index contributed by atoms with van der Waals surface area (Å²) in [7, 11) is 2.06. The van der Waals surface area contributed by atoms with E-state index in [2.05, 4.69) is 29.4 Å². The number of benzene rings is 2. The van der Waals surface area contributed by atoms with Crippen molar-refractivity contribution in [2.75, 3.05) is 26.7 Å². The number of aliphatic carboxylic acids is 1. The number of carboxylic acids is 1. The summed E-state index contributed by atoms with van der Waals surface area (Å²) in [5, 5.41) is 11.9. The predicted molar refractivity (Wildman–Crippen MR) is 125 cm³/mol. The molecule has 2 aliphatic heterocycles. The zero-order valence-corrected chi connectivity index (χ0v) is 19.1. The van der Waals surface area contributed by atoms with Crippen LogP contribution in [0.15, 0.2) is 48.5 Å². The third kappa shape index (κ3) is 4.14. The Balaban J connectivity index is 1.25. The van der Waals surface area contributed by atoms with Gasteiger partial charge in [0.25, 0.3) is 0 Å².